The van der Waals surface area contributed by atoms with E-state index in [4.69, 9.17) is 11.6 Å². The highest BCUT2D eigenvalue weighted by molar-refractivity contribution is 6.33. The number of fused-ring (bicyclic) bond motifs is 2. The lowest BCUT2D eigenvalue weighted by Gasteiger charge is -2.23. The first-order valence-electron chi connectivity index (χ1n) is 9.82. The number of ketones is 2. The molecule has 0 atom stereocenters. The van der Waals surface area contributed by atoms with E-state index in [1.54, 1.807) is 12.1 Å². The molecular formula is C24H14ClF3N2O4. The molecule has 0 bridgehead atoms. The molecule has 10 heteroatoms. The number of carbonyl (C=O) groups excluding carboxylic acids is 4. The molecule has 2 N–H and O–H groups in total. The van der Waals surface area contributed by atoms with Crippen molar-refractivity contribution >= 4 is 46.4 Å². The standard InChI is InChI=1S/C24H14ClF3N2O4/c25-11-18(31)29-17-10-9-15-19(22(33)13-6-2-1-5-12(13)21(15)32)20(17)30-23(34)14-7-3-4-8-16(14)24(26,27)28/h1-10H,11H2,(H,29,31)(H,30,34). The second kappa shape index (κ2) is 8.75. The first-order chi connectivity index (χ1) is 16.1. The first-order valence-corrected chi connectivity index (χ1v) is 10.4. The van der Waals surface area contributed by atoms with Crippen LogP contribution in [-0.4, -0.2) is 29.3 Å². The molecule has 0 heterocycles. The van der Waals surface area contributed by atoms with Crippen molar-refractivity contribution in [3.63, 3.8) is 0 Å². The van der Waals surface area contributed by atoms with Crippen LogP contribution in [0.15, 0.2) is 60.7 Å². The molecule has 0 saturated heterocycles. The third kappa shape index (κ3) is 4.06. The summed E-state index contributed by atoms with van der Waals surface area (Å²) in [6.45, 7) is 0. The average molecular weight is 487 g/mol. The number of alkyl halides is 4. The third-order valence-corrected chi connectivity index (χ3v) is 5.45. The van der Waals surface area contributed by atoms with Crippen molar-refractivity contribution in [2.24, 2.45) is 0 Å². The first kappa shape index (κ1) is 23.2. The van der Waals surface area contributed by atoms with Crippen LogP contribution in [0.2, 0.25) is 0 Å². The van der Waals surface area contributed by atoms with Crippen LogP contribution in [0.1, 0.15) is 47.8 Å². The summed E-state index contributed by atoms with van der Waals surface area (Å²) in [7, 11) is 0. The number of anilines is 2. The number of hydrogen-bond acceptors (Lipinski definition) is 4. The van der Waals surface area contributed by atoms with Crippen LogP contribution >= 0.6 is 11.6 Å². The van der Waals surface area contributed by atoms with Gasteiger partial charge in [-0.1, -0.05) is 36.4 Å². The Morgan fingerprint density at radius 2 is 1.41 bits per heavy atom. The lowest BCUT2D eigenvalue weighted by molar-refractivity contribution is -0.137. The van der Waals surface area contributed by atoms with Gasteiger partial charge in [-0.25, -0.2) is 0 Å². The second-order valence-corrected chi connectivity index (χ2v) is 7.56. The summed E-state index contributed by atoms with van der Waals surface area (Å²) in [6, 6.07) is 12.7. The minimum Gasteiger partial charge on any atom is -0.323 e. The SMILES string of the molecule is O=C(CCl)Nc1ccc2c(c1NC(=O)c1ccccc1C(F)(F)F)C(=O)c1ccccc1C2=O. The predicted molar refractivity (Wildman–Crippen MR) is 118 cm³/mol. The maximum atomic E-state index is 13.4. The zero-order valence-corrected chi connectivity index (χ0v) is 17.9. The number of benzene rings is 3. The quantitative estimate of drug-likeness (QED) is 0.401. The summed E-state index contributed by atoms with van der Waals surface area (Å²) in [5, 5.41) is 4.71. The van der Waals surface area contributed by atoms with Crippen molar-refractivity contribution in [1.82, 2.24) is 0 Å². The summed E-state index contributed by atoms with van der Waals surface area (Å²) in [4.78, 5) is 51.2. The Morgan fingerprint density at radius 3 is 2.06 bits per heavy atom. The number of carbonyl (C=O) groups is 4. The maximum absolute atomic E-state index is 13.4. The fraction of sp³-hybridized carbons (Fsp3) is 0.0833. The van der Waals surface area contributed by atoms with Crippen LogP contribution in [-0.2, 0) is 11.0 Å². The van der Waals surface area contributed by atoms with Crippen LogP contribution in [0.5, 0.6) is 0 Å². The monoisotopic (exact) mass is 486 g/mol. The van der Waals surface area contributed by atoms with Gasteiger partial charge in [-0.05, 0) is 24.3 Å². The van der Waals surface area contributed by atoms with Gasteiger partial charge in [0.05, 0.1) is 28.1 Å². The summed E-state index contributed by atoms with van der Waals surface area (Å²) in [5.41, 5.74) is -2.37. The molecule has 6 nitrogen and oxygen atoms in total. The molecule has 0 saturated carbocycles. The Kier molecular flexibility index (Phi) is 5.97. The van der Waals surface area contributed by atoms with Crippen molar-refractivity contribution in [2.75, 3.05) is 16.5 Å². The van der Waals surface area contributed by atoms with Gasteiger partial charge in [0.25, 0.3) is 5.91 Å². The number of halogens is 4. The van der Waals surface area contributed by atoms with Gasteiger partial charge >= 0.3 is 6.18 Å². The summed E-state index contributed by atoms with van der Waals surface area (Å²) in [5.74, 6) is -3.47. The molecule has 1 aliphatic carbocycles. The number of amides is 2. The van der Waals surface area contributed by atoms with Crippen LogP contribution in [0.25, 0.3) is 0 Å². The van der Waals surface area contributed by atoms with Crippen LogP contribution in [0.3, 0.4) is 0 Å². The van der Waals surface area contributed by atoms with E-state index in [0.717, 1.165) is 18.2 Å². The molecule has 34 heavy (non-hydrogen) atoms. The largest absolute Gasteiger partial charge is 0.417 e. The molecule has 0 radical (unpaired) electrons. The molecule has 0 unspecified atom stereocenters. The normalized spacial score (nSPS) is 12.6. The number of nitrogens with one attached hydrogen (secondary N) is 2. The smallest absolute Gasteiger partial charge is 0.323 e. The molecule has 0 spiro atoms. The van der Waals surface area contributed by atoms with Crippen molar-refractivity contribution in [3.8, 4) is 0 Å². The van der Waals surface area contributed by atoms with Gasteiger partial charge < -0.3 is 10.6 Å². The lowest BCUT2D eigenvalue weighted by Crippen LogP contribution is -2.26. The van der Waals surface area contributed by atoms with E-state index < -0.39 is 46.6 Å². The van der Waals surface area contributed by atoms with Gasteiger partial charge in [-0.3, -0.25) is 19.2 Å². The summed E-state index contributed by atoms with van der Waals surface area (Å²) < 4.78 is 40.3. The van der Waals surface area contributed by atoms with Crippen molar-refractivity contribution < 1.29 is 32.3 Å². The van der Waals surface area contributed by atoms with E-state index >= 15 is 0 Å². The molecule has 0 aromatic heterocycles. The minimum absolute atomic E-state index is 0.0620. The Bertz CT molecular complexity index is 1370. The summed E-state index contributed by atoms with van der Waals surface area (Å²) in [6.07, 6.45) is -4.82. The molecular weight excluding hydrogens is 473 g/mol. The molecule has 172 valence electrons. The van der Waals surface area contributed by atoms with Gasteiger partial charge in [-0.15, -0.1) is 11.6 Å². The third-order valence-electron chi connectivity index (χ3n) is 5.20. The molecule has 1 aliphatic rings. The zero-order chi connectivity index (χ0) is 24.6. The second-order valence-electron chi connectivity index (χ2n) is 7.29. The van der Waals surface area contributed by atoms with Crippen LogP contribution in [0.4, 0.5) is 24.5 Å². The van der Waals surface area contributed by atoms with Gasteiger partial charge in [0.15, 0.2) is 11.6 Å². The molecule has 0 fully saturated rings. The molecule has 0 aliphatic heterocycles. The van der Waals surface area contributed by atoms with Crippen LogP contribution < -0.4 is 10.6 Å². The fourth-order valence-corrected chi connectivity index (χ4v) is 3.78. The molecule has 2 amide bonds. The highest BCUT2D eigenvalue weighted by atomic mass is 35.5. The lowest BCUT2D eigenvalue weighted by atomic mass is 9.82. The van der Waals surface area contributed by atoms with E-state index in [1.807, 2.05) is 0 Å². The summed E-state index contributed by atoms with van der Waals surface area (Å²) >= 11 is 5.54. The van der Waals surface area contributed by atoms with Gasteiger partial charge in [0.1, 0.15) is 5.88 Å². The maximum Gasteiger partial charge on any atom is 0.417 e. The van der Waals surface area contributed by atoms with Gasteiger partial charge in [-0.2, -0.15) is 13.2 Å². The molecule has 3 aromatic carbocycles. The van der Waals surface area contributed by atoms with Crippen molar-refractivity contribution in [3.05, 3.63) is 94.0 Å². The Balaban J connectivity index is 1.88. The van der Waals surface area contributed by atoms with E-state index in [9.17, 15) is 32.3 Å². The Hall–Kier alpha value is -3.98. The van der Waals surface area contributed by atoms with Crippen LogP contribution in [0, 0.1) is 0 Å². The predicted octanol–water partition coefficient (Wildman–Crippen LogP) is 4.91. The molecule has 4 rings (SSSR count). The van der Waals surface area contributed by atoms with Gasteiger partial charge in [0, 0.05) is 16.7 Å². The van der Waals surface area contributed by atoms with Crippen molar-refractivity contribution in [2.45, 2.75) is 6.18 Å². The average Bonchev–Trinajstić information content (AvgIpc) is 2.82. The van der Waals surface area contributed by atoms with Gasteiger partial charge in [0.2, 0.25) is 5.91 Å². The van der Waals surface area contributed by atoms with E-state index in [0.29, 0.717) is 0 Å². The van der Waals surface area contributed by atoms with E-state index in [-0.39, 0.29) is 33.6 Å². The topological polar surface area (TPSA) is 92.3 Å². The number of rotatable bonds is 4. The van der Waals surface area contributed by atoms with Crippen molar-refractivity contribution in [1.29, 1.82) is 0 Å². The fourth-order valence-electron chi connectivity index (χ4n) is 3.71. The highest BCUT2D eigenvalue weighted by Gasteiger charge is 2.37. The zero-order valence-electron chi connectivity index (χ0n) is 17.1. The minimum atomic E-state index is -4.82. The Morgan fingerprint density at radius 1 is 0.794 bits per heavy atom. The van der Waals surface area contributed by atoms with E-state index in [1.165, 1.54) is 30.3 Å². The highest BCUT2D eigenvalue weighted by Crippen LogP contribution is 2.38. The Labute approximate surface area is 195 Å². The number of hydrogen-bond donors (Lipinski definition) is 2. The molecule has 3 aromatic rings. The van der Waals surface area contributed by atoms with E-state index in [2.05, 4.69) is 10.6 Å².